The molecule has 6 nitrogen and oxygen atoms in total. The van der Waals surface area contributed by atoms with Crippen molar-refractivity contribution in [3.05, 3.63) is 22.2 Å². The van der Waals surface area contributed by atoms with Crippen LogP contribution in [-0.2, 0) is 14.8 Å². The molecule has 0 aliphatic rings. The first-order valence-electron chi connectivity index (χ1n) is 6.25. The van der Waals surface area contributed by atoms with E-state index < -0.39 is 10.0 Å². The Bertz CT molecular complexity index is 644. The highest BCUT2D eigenvalue weighted by Crippen LogP contribution is 2.30. The normalized spacial score (nSPS) is 11.6. The predicted molar refractivity (Wildman–Crippen MR) is 83.7 cm³/mol. The van der Waals surface area contributed by atoms with Gasteiger partial charge in [-0.3, -0.25) is 4.79 Å². The lowest BCUT2D eigenvalue weighted by molar-refractivity contribution is -0.133. The first kappa shape index (κ1) is 17.9. The third-order valence-corrected chi connectivity index (χ3v) is 4.39. The molecule has 2 N–H and O–H groups in total. The quantitative estimate of drug-likeness (QED) is 0.843. The molecule has 21 heavy (non-hydrogen) atoms. The van der Waals surface area contributed by atoms with E-state index in [0.29, 0.717) is 10.0 Å². The largest absolute Gasteiger partial charge is 0.482 e. The number of amides is 1. The molecule has 0 fully saturated rings. The van der Waals surface area contributed by atoms with Gasteiger partial charge in [-0.25, -0.2) is 13.6 Å². The standard InChI is InChI=1S/C13H19BrN2O4S/c1-8(2)16(4)12(17)7-20-13-9(3)5-10(14)6-11(13)21(15,18)19/h5-6,8H,7H2,1-4H3,(H2,15,18,19). The average Bonchev–Trinajstić information content (AvgIpc) is 2.34. The Balaban J connectivity index is 3.07. The van der Waals surface area contributed by atoms with E-state index in [0.717, 1.165) is 0 Å². The van der Waals surface area contributed by atoms with Crippen molar-refractivity contribution in [3.63, 3.8) is 0 Å². The fraction of sp³-hybridized carbons (Fsp3) is 0.462. The van der Waals surface area contributed by atoms with Gasteiger partial charge in [-0.15, -0.1) is 0 Å². The number of primary sulfonamides is 1. The summed E-state index contributed by atoms with van der Waals surface area (Å²) in [5.74, 6) is -0.140. The Morgan fingerprint density at radius 1 is 1.43 bits per heavy atom. The van der Waals surface area contributed by atoms with E-state index in [1.54, 1.807) is 20.0 Å². The Labute approximate surface area is 133 Å². The molecule has 0 aliphatic carbocycles. The molecule has 118 valence electrons. The van der Waals surface area contributed by atoms with E-state index in [1.165, 1.54) is 11.0 Å². The molecule has 0 saturated carbocycles. The maximum Gasteiger partial charge on any atom is 0.260 e. The number of nitrogens with two attached hydrogens (primary N) is 1. The van der Waals surface area contributed by atoms with Crippen molar-refractivity contribution in [2.75, 3.05) is 13.7 Å². The van der Waals surface area contributed by atoms with Crippen molar-refractivity contribution in [3.8, 4) is 5.75 Å². The molecular weight excluding hydrogens is 360 g/mol. The summed E-state index contributed by atoms with van der Waals surface area (Å²) in [4.78, 5) is 13.3. The molecular formula is C13H19BrN2O4S. The number of halogens is 1. The third kappa shape index (κ3) is 4.69. The third-order valence-electron chi connectivity index (χ3n) is 3.02. The van der Waals surface area contributed by atoms with Gasteiger partial charge in [0.15, 0.2) is 6.61 Å². The maximum atomic E-state index is 11.9. The first-order valence-corrected chi connectivity index (χ1v) is 8.59. The van der Waals surface area contributed by atoms with Gasteiger partial charge >= 0.3 is 0 Å². The number of rotatable bonds is 5. The number of aryl methyl sites for hydroxylation is 1. The molecule has 1 amide bonds. The number of nitrogens with zero attached hydrogens (tertiary/aromatic N) is 1. The molecule has 1 aromatic carbocycles. The molecule has 0 bridgehead atoms. The number of benzene rings is 1. The average molecular weight is 379 g/mol. The number of hydrogen-bond donors (Lipinski definition) is 1. The van der Waals surface area contributed by atoms with Crippen LogP contribution in [0.5, 0.6) is 5.75 Å². The number of carbonyl (C=O) groups is 1. The van der Waals surface area contributed by atoms with Crippen molar-refractivity contribution in [2.24, 2.45) is 5.14 Å². The smallest absolute Gasteiger partial charge is 0.260 e. The summed E-state index contributed by atoms with van der Waals surface area (Å²) < 4.78 is 29.2. The lowest BCUT2D eigenvalue weighted by Gasteiger charge is -2.22. The molecule has 8 heteroatoms. The summed E-state index contributed by atoms with van der Waals surface area (Å²) in [6.45, 7) is 5.18. The zero-order chi connectivity index (χ0) is 16.4. The highest BCUT2D eigenvalue weighted by atomic mass is 79.9. The molecule has 0 aromatic heterocycles. The summed E-state index contributed by atoms with van der Waals surface area (Å²) in [7, 11) is -2.28. The van der Waals surface area contributed by atoms with Crippen LogP contribution in [0.3, 0.4) is 0 Å². The fourth-order valence-corrected chi connectivity index (χ4v) is 3.11. The Morgan fingerprint density at radius 3 is 2.48 bits per heavy atom. The summed E-state index contributed by atoms with van der Waals surface area (Å²) in [6.07, 6.45) is 0. The zero-order valence-electron chi connectivity index (χ0n) is 12.4. The number of carbonyl (C=O) groups excluding carboxylic acids is 1. The predicted octanol–water partition coefficient (Wildman–Crippen LogP) is 1.65. The Hall–Kier alpha value is -1.12. The molecule has 0 heterocycles. The molecule has 1 aromatic rings. The van der Waals surface area contributed by atoms with Crippen LogP contribution in [0.4, 0.5) is 0 Å². The molecule has 0 radical (unpaired) electrons. The Morgan fingerprint density at radius 2 is 2.00 bits per heavy atom. The molecule has 0 atom stereocenters. The number of hydrogen-bond acceptors (Lipinski definition) is 4. The summed E-state index contributed by atoms with van der Waals surface area (Å²) in [5.41, 5.74) is 0.577. The maximum absolute atomic E-state index is 11.9. The van der Waals surface area contributed by atoms with E-state index in [-0.39, 0.29) is 29.2 Å². The van der Waals surface area contributed by atoms with Crippen LogP contribution >= 0.6 is 15.9 Å². The highest BCUT2D eigenvalue weighted by Gasteiger charge is 2.20. The van der Waals surface area contributed by atoms with Crippen LogP contribution in [0.15, 0.2) is 21.5 Å². The minimum atomic E-state index is -3.94. The van der Waals surface area contributed by atoms with Crippen LogP contribution in [0.25, 0.3) is 0 Å². The first-order chi connectivity index (χ1) is 9.54. The molecule has 0 spiro atoms. The topological polar surface area (TPSA) is 89.7 Å². The van der Waals surface area contributed by atoms with Gasteiger partial charge in [-0.2, -0.15) is 0 Å². The summed E-state index contributed by atoms with van der Waals surface area (Å²) in [5, 5.41) is 5.19. The van der Waals surface area contributed by atoms with Gasteiger partial charge < -0.3 is 9.64 Å². The van der Waals surface area contributed by atoms with E-state index in [1.807, 2.05) is 13.8 Å². The monoisotopic (exact) mass is 378 g/mol. The van der Waals surface area contributed by atoms with Gasteiger partial charge in [0.2, 0.25) is 10.0 Å². The molecule has 0 unspecified atom stereocenters. The molecule has 1 rings (SSSR count). The second-order valence-corrected chi connectivity index (χ2v) is 7.43. The van der Waals surface area contributed by atoms with E-state index in [2.05, 4.69) is 15.9 Å². The van der Waals surface area contributed by atoms with Gasteiger partial charge in [-0.1, -0.05) is 15.9 Å². The van der Waals surface area contributed by atoms with Crippen LogP contribution in [0, 0.1) is 6.92 Å². The van der Waals surface area contributed by atoms with E-state index >= 15 is 0 Å². The van der Waals surface area contributed by atoms with E-state index in [4.69, 9.17) is 9.88 Å². The second kappa shape index (κ2) is 6.76. The van der Waals surface area contributed by atoms with Gasteiger partial charge in [-0.05, 0) is 38.5 Å². The molecule has 0 saturated heterocycles. The van der Waals surface area contributed by atoms with Crippen molar-refractivity contribution >= 4 is 31.9 Å². The van der Waals surface area contributed by atoms with Crippen molar-refractivity contribution in [2.45, 2.75) is 31.7 Å². The van der Waals surface area contributed by atoms with Gasteiger partial charge in [0.1, 0.15) is 10.6 Å². The van der Waals surface area contributed by atoms with Gasteiger partial charge in [0, 0.05) is 17.6 Å². The van der Waals surface area contributed by atoms with Gasteiger partial charge in [0.25, 0.3) is 5.91 Å². The summed E-state index contributed by atoms with van der Waals surface area (Å²) in [6, 6.07) is 3.08. The number of sulfonamides is 1. The van der Waals surface area contributed by atoms with Crippen LogP contribution in [-0.4, -0.2) is 38.9 Å². The minimum absolute atomic E-state index is 0.0322. The Kier molecular flexibility index (Phi) is 5.77. The highest BCUT2D eigenvalue weighted by molar-refractivity contribution is 9.10. The van der Waals surface area contributed by atoms with Crippen molar-refractivity contribution in [1.82, 2.24) is 4.90 Å². The number of ether oxygens (including phenoxy) is 1. The summed E-state index contributed by atoms with van der Waals surface area (Å²) >= 11 is 3.21. The number of likely N-dealkylation sites (N-methyl/N-ethyl adjacent to an activating group) is 1. The second-order valence-electron chi connectivity index (χ2n) is 4.98. The van der Waals surface area contributed by atoms with Crippen molar-refractivity contribution < 1.29 is 17.9 Å². The SMILES string of the molecule is Cc1cc(Br)cc(S(N)(=O)=O)c1OCC(=O)N(C)C(C)C. The van der Waals surface area contributed by atoms with Gasteiger partial charge in [0.05, 0.1) is 0 Å². The lowest BCUT2D eigenvalue weighted by atomic mass is 10.2. The van der Waals surface area contributed by atoms with Crippen LogP contribution in [0.1, 0.15) is 19.4 Å². The van der Waals surface area contributed by atoms with Crippen LogP contribution in [0.2, 0.25) is 0 Å². The van der Waals surface area contributed by atoms with Crippen molar-refractivity contribution in [1.29, 1.82) is 0 Å². The fourth-order valence-electron chi connectivity index (χ4n) is 1.62. The molecule has 0 aliphatic heterocycles. The van der Waals surface area contributed by atoms with E-state index in [9.17, 15) is 13.2 Å². The zero-order valence-corrected chi connectivity index (χ0v) is 14.8. The minimum Gasteiger partial charge on any atom is -0.482 e. The lowest BCUT2D eigenvalue weighted by Crippen LogP contribution is -2.36. The van der Waals surface area contributed by atoms with Crippen LogP contribution < -0.4 is 9.88 Å².